The first kappa shape index (κ1) is 23.0. The largest absolute Gasteiger partial charge is 0.349 e. The topological polar surface area (TPSA) is 27.6 Å². The van der Waals surface area contributed by atoms with E-state index in [1.165, 1.54) is 95.9 Å². The summed E-state index contributed by atoms with van der Waals surface area (Å²) in [6.45, 7) is 9.76. The highest BCUT2D eigenvalue weighted by atomic mass is 28.3. The molecule has 0 aromatic rings. The average Bonchev–Trinajstić information content (AvgIpc) is 2.56. The Labute approximate surface area is 160 Å². The second kappa shape index (κ2) is 12.3. The lowest BCUT2D eigenvalue weighted by molar-refractivity contribution is -0.463. The molecule has 0 aromatic carbocycles. The van der Waals surface area contributed by atoms with Crippen LogP contribution in [0.1, 0.15) is 96.8 Å². The van der Waals surface area contributed by atoms with Gasteiger partial charge in [-0.1, -0.05) is 96.5 Å². The van der Waals surface area contributed by atoms with Crippen LogP contribution in [0, 0.1) is 5.92 Å². The summed E-state index contributed by atoms with van der Waals surface area (Å²) in [4.78, 5) is 0. The van der Waals surface area contributed by atoms with Gasteiger partial charge in [-0.2, -0.15) is 0 Å². The Bertz CT molecular complexity index is 352. The summed E-state index contributed by atoms with van der Waals surface area (Å²) in [6, 6.07) is 1.48. The summed E-state index contributed by atoms with van der Waals surface area (Å²) in [7, 11) is -0.874. The molecule has 0 amide bonds. The minimum Gasteiger partial charge on any atom is -0.349 e. The Morgan fingerprint density at radius 1 is 0.960 bits per heavy atom. The lowest BCUT2D eigenvalue weighted by Gasteiger charge is -2.25. The third kappa shape index (κ3) is 12.0. The number of allylic oxidation sites excluding steroid dienone is 1. The van der Waals surface area contributed by atoms with E-state index in [4.69, 9.17) is 0 Å². The summed E-state index contributed by atoms with van der Waals surface area (Å²) in [5, 5.41) is 0. The average molecular weight is 367 g/mol. The molecule has 1 aliphatic rings. The Kier molecular flexibility index (Phi) is 11.3. The van der Waals surface area contributed by atoms with Crippen LogP contribution in [-0.2, 0) is 0 Å². The summed E-state index contributed by atoms with van der Waals surface area (Å²) in [6.07, 6.45) is 24.5. The zero-order valence-corrected chi connectivity index (χ0v) is 19.0. The zero-order valence-electron chi connectivity index (χ0n) is 18.0. The third-order valence-corrected chi connectivity index (χ3v) is 7.89. The summed E-state index contributed by atoms with van der Waals surface area (Å²) >= 11 is 0. The SMILES string of the molecule is CCC/C=C/C([NH3+])(CCCCC1CCCCC1)CCCC[Si](C)(C)C. The van der Waals surface area contributed by atoms with Crippen LogP contribution in [0.3, 0.4) is 0 Å². The van der Waals surface area contributed by atoms with Crippen molar-refractivity contribution < 1.29 is 5.73 Å². The summed E-state index contributed by atoms with van der Waals surface area (Å²) in [5.74, 6) is 1.04. The van der Waals surface area contributed by atoms with Gasteiger partial charge in [0.05, 0.1) is 0 Å². The second-order valence-electron chi connectivity index (χ2n) is 10.1. The predicted octanol–water partition coefficient (Wildman–Crippen LogP) is 6.97. The molecule has 0 bridgehead atoms. The molecule has 1 fully saturated rings. The van der Waals surface area contributed by atoms with Gasteiger partial charge in [-0.25, -0.2) is 0 Å². The van der Waals surface area contributed by atoms with Crippen molar-refractivity contribution >= 4 is 8.07 Å². The first-order valence-corrected chi connectivity index (χ1v) is 15.1. The van der Waals surface area contributed by atoms with E-state index in [1.54, 1.807) is 0 Å². The van der Waals surface area contributed by atoms with E-state index in [2.05, 4.69) is 44.5 Å². The minimum atomic E-state index is -0.874. The Hall–Kier alpha value is -0.0831. The quantitative estimate of drug-likeness (QED) is 0.207. The molecule has 1 aliphatic carbocycles. The molecule has 0 heterocycles. The molecule has 0 aromatic heterocycles. The van der Waals surface area contributed by atoms with Gasteiger partial charge in [0.15, 0.2) is 0 Å². The molecule has 0 aliphatic heterocycles. The maximum atomic E-state index is 4.68. The molecular weight excluding hydrogens is 318 g/mol. The first-order chi connectivity index (χ1) is 11.8. The number of unbranched alkanes of at least 4 members (excludes halogenated alkanes) is 3. The van der Waals surface area contributed by atoms with Gasteiger partial charge in [-0.15, -0.1) is 0 Å². The van der Waals surface area contributed by atoms with Gasteiger partial charge in [-0.05, 0) is 31.3 Å². The van der Waals surface area contributed by atoms with Crippen molar-refractivity contribution in [1.29, 1.82) is 0 Å². The van der Waals surface area contributed by atoms with Crippen molar-refractivity contribution in [2.45, 2.75) is 128 Å². The highest BCUT2D eigenvalue weighted by molar-refractivity contribution is 6.76. The fraction of sp³-hybridized carbons (Fsp3) is 0.913. The van der Waals surface area contributed by atoms with Crippen molar-refractivity contribution in [2.24, 2.45) is 5.92 Å². The first-order valence-electron chi connectivity index (χ1n) is 11.4. The van der Waals surface area contributed by atoms with E-state index in [9.17, 15) is 0 Å². The van der Waals surface area contributed by atoms with Gasteiger partial charge in [-0.3, -0.25) is 0 Å². The fourth-order valence-corrected chi connectivity index (χ4v) is 5.62. The standard InChI is InChI=1S/C23H47NSi/c1-5-6-11-18-23(24,20-13-14-21-25(2,3)4)19-12-10-17-22-15-8-7-9-16-22/h11,18,22H,5-10,12-17,19-21,24H2,1-4H3/p+1/b18-11+. The van der Waals surface area contributed by atoms with Gasteiger partial charge >= 0.3 is 0 Å². The molecule has 1 nitrogen and oxygen atoms in total. The van der Waals surface area contributed by atoms with Gasteiger partial charge in [0.1, 0.15) is 5.54 Å². The van der Waals surface area contributed by atoms with E-state index < -0.39 is 8.07 Å². The van der Waals surface area contributed by atoms with Gasteiger partial charge in [0.25, 0.3) is 0 Å². The molecule has 1 saturated carbocycles. The number of quaternary nitrogens is 1. The van der Waals surface area contributed by atoms with E-state index in [1.807, 2.05) is 0 Å². The molecule has 0 saturated heterocycles. The highest BCUT2D eigenvalue weighted by Gasteiger charge is 2.25. The fourth-order valence-electron chi connectivity index (χ4n) is 4.31. The van der Waals surface area contributed by atoms with Crippen LogP contribution in [0.2, 0.25) is 25.7 Å². The molecule has 25 heavy (non-hydrogen) atoms. The number of hydrogen-bond acceptors (Lipinski definition) is 0. The zero-order chi connectivity index (χ0) is 18.6. The maximum Gasteiger partial charge on any atom is 0.113 e. The Morgan fingerprint density at radius 2 is 1.60 bits per heavy atom. The molecule has 2 heteroatoms. The highest BCUT2D eigenvalue weighted by Crippen LogP contribution is 2.29. The third-order valence-electron chi connectivity index (χ3n) is 6.04. The van der Waals surface area contributed by atoms with Crippen LogP contribution in [0.25, 0.3) is 0 Å². The van der Waals surface area contributed by atoms with Gasteiger partial charge in [0, 0.05) is 20.9 Å². The minimum absolute atomic E-state index is 0.209. The van der Waals surface area contributed by atoms with Crippen molar-refractivity contribution in [3.8, 4) is 0 Å². The lowest BCUT2D eigenvalue weighted by atomic mass is 9.83. The monoisotopic (exact) mass is 366 g/mol. The van der Waals surface area contributed by atoms with Crippen molar-refractivity contribution in [2.75, 3.05) is 0 Å². The van der Waals surface area contributed by atoms with Crippen molar-refractivity contribution in [3.63, 3.8) is 0 Å². The van der Waals surface area contributed by atoms with Crippen molar-refractivity contribution in [3.05, 3.63) is 12.2 Å². The van der Waals surface area contributed by atoms with Gasteiger partial charge in [0.2, 0.25) is 0 Å². The smallest absolute Gasteiger partial charge is 0.113 e. The van der Waals surface area contributed by atoms with Crippen LogP contribution in [0.15, 0.2) is 12.2 Å². The Balaban J connectivity index is 2.33. The van der Waals surface area contributed by atoms with Crippen LogP contribution < -0.4 is 5.73 Å². The number of hydrogen-bond donors (Lipinski definition) is 1. The van der Waals surface area contributed by atoms with Gasteiger partial charge < -0.3 is 5.73 Å². The molecular formula is C23H48NSi+. The molecule has 1 atom stereocenters. The van der Waals surface area contributed by atoms with E-state index >= 15 is 0 Å². The molecule has 1 unspecified atom stereocenters. The van der Waals surface area contributed by atoms with E-state index in [-0.39, 0.29) is 5.54 Å². The molecule has 0 radical (unpaired) electrons. The molecule has 148 valence electrons. The normalized spacial score (nSPS) is 19.4. The predicted molar refractivity (Wildman–Crippen MR) is 117 cm³/mol. The van der Waals surface area contributed by atoms with Crippen LogP contribution >= 0.6 is 0 Å². The van der Waals surface area contributed by atoms with Crippen LogP contribution in [-0.4, -0.2) is 13.6 Å². The van der Waals surface area contributed by atoms with Crippen molar-refractivity contribution in [1.82, 2.24) is 0 Å². The summed E-state index contributed by atoms with van der Waals surface area (Å²) in [5.41, 5.74) is 4.89. The lowest BCUT2D eigenvalue weighted by Crippen LogP contribution is -2.71. The molecule has 0 spiro atoms. The van der Waals surface area contributed by atoms with E-state index in [0.29, 0.717) is 0 Å². The molecule has 1 rings (SSSR count). The second-order valence-corrected chi connectivity index (χ2v) is 15.7. The van der Waals surface area contributed by atoms with E-state index in [0.717, 1.165) is 5.92 Å². The van der Waals surface area contributed by atoms with Crippen LogP contribution in [0.5, 0.6) is 0 Å². The maximum absolute atomic E-state index is 4.68. The number of rotatable bonds is 13. The molecule has 3 N–H and O–H groups in total. The summed E-state index contributed by atoms with van der Waals surface area (Å²) < 4.78 is 0. The van der Waals surface area contributed by atoms with Crippen LogP contribution in [0.4, 0.5) is 0 Å². The Morgan fingerprint density at radius 3 is 2.20 bits per heavy atom.